The van der Waals surface area contributed by atoms with Gasteiger partial charge in [0.1, 0.15) is 11.5 Å². The van der Waals surface area contributed by atoms with Gasteiger partial charge < -0.3 is 29.3 Å². The first-order valence-electron chi connectivity index (χ1n) is 11.6. The Kier molecular flexibility index (Phi) is 8.03. The lowest BCUT2D eigenvalue weighted by Crippen LogP contribution is -2.38. The number of nitrogens with zero attached hydrogens (tertiary/aromatic N) is 2. The predicted octanol–water partition coefficient (Wildman–Crippen LogP) is 3.21. The molecule has 1 unspecified atom stereocenters. The van der Waals surface area contributed by atoms with Crippen molar-refractivity contribution < 1.29 is 34.0 Å². The average Bonchev–Trinajstić information content (AvgIpc) is 3.15. The predicted molar refractivity (Wildman–Crippen MR) is 134 cm³/mol. The van der Waals surface area contributed by atoms with Crippen LogP contribution in [0.3, 0.4) is 0 Å². The summed E-state index contributed by atoms with van der Waals surface area (Å²) in [4.78, 5) is 30.1. The van der Waals surface area contributed by atoms with Crippen molar-refractivity contribution in [2.45, 2.75) is 12.5 Å². The molecule has 9 nitrogen and oxygen atoms in total. The summed E-state index contributed by atoms with van der Waals surface area (Å²) in [6.07, 6.45) is 0.624. The van der Waals surface area contributed by atoms with Crippen LogP contribution in [0, 0.1) is 0 Å². The number of rotatable bonds is 8. The minimum absolute atomic E-state index is 0.0284. The van der Waals surface area contributed by atoms with Gasteiger partial charge >= 0.3 is 0 Å². The minimum atomic E-state index is -0.895. The summed E-state index contributed by atoms with van der Waals surface area (Å²) >= 11 is 6.08. The van der Waals surface area contributed by atoms with Crippen molar-refractivity contribution in [2.75, 3.05) is 53.6 Å². The zero-order valence-electron chi connectivity index (χ0n) is 20.2. The zero-order valence-corrected chi connectivity index (χ0v) is 21.0. The van der Waals surface area contributed by atoms with E-state index in [1.165, 1.54) is 37.3 Å². The lowest BCUT2D eigenvalue weighted by molar-refractivity contribution is -0.140. The molecule has 36 heavy (non-hydrogen) atoms. The van der Waals surface area contributed by atoms with Crippen LogP contribution in [0.4, 0.5) is 0 Å². The number of hydrogen-bond donors (Lipinski definition) is 2. The van der Waals surface area contributed by atoms with E-state index in [0.717, 1.165) is 19.6 Å². The third kappa shape index (κ3) is 5.13. The maximum Gasteiger partial charge on any atom is 0.295 e. The number of ketones is 1. The van der Waals surface area contributed by atoms with E-state index >= 15 is 0 Å². The van der Waals surface area contributed by atoms with E-state index in [4.69, 9.17) is 25.8 Å². The quantitative estimate of drug-likeness (QED) is 0.313. The molecule has 1 atom stereocenters. The molecule has 2 fully saturated rings. The van der Waals surface area contributed by atoms with Crippen LogP contribution in [0.2, 0.25) is 5.02 Å². The van der Waals surface area contributed by atoms with Crippen LogP contribution in [0.15, 0.2) is 42.0 Å². The molecule has 2 saturated heterocycles. The van der Waals surface area contributed by atoms with Gasteiger partial charge in [-0.05, 0) is 42.3 Å². The zero-order chi connectivity index (χ0) is 25.8. The Bertz CT molecular complexity index is 1180. The Balaban J connectivity index is 1.75. The molecule has 2 aliphatic heterocycles. The van der Waals surface area contributed by atoms with E-state index < -0.39 is 23.5 Å². The first kappa shape index (κ1) is 25.8. The number of morpholine rings is 1. The number of halogens is 1. The number of phenols is 1. The van der Waals surface area contributed by atoms with E-state index in [0.29, 0.717) is 43.2 Å². The average molecular weight is 517 g/mol. The number of carbonyl (C=O) groups is 2. The number of aliphatic hydroxyl groups excluding tert-OH is 1. The molecule has 0 radical (unpaired) electrons. The molecule has 2 aromatic carbocycles. The third-order valence-electron chi connectivity index (χ3n) is 6.45. The number of likely N-dealkylation sites (tertiary alicyclic amines) is 1. The van der Waals surface area contributed by atoms with E-state index in [2.05, 4.69) is 4.90 Å². The Morgan fingerprint density at radius 3 is 2.47 bits per heavy atom. The van der Waals surface area contributed by atoms with E-state index in [1.807, 2.05) is 0 Å². The maximum absolute atomic E-state index is 13.2. The third-order valence-corrected chi connectivity index (χ3v) is 6.69. The van der Waals surface area contributed by atoms with Gasteiger partial charge in [0.25, 0.3) is 11.7 Å². The number of aromatic hydroxyl groups is 1. The normalized spacial score (nSPS) is 20.1. The van der Waals surface area contributed by atoms with Crippen molar-refractivity contribution in [2.24, 2.45) is 0 Å². The molecule has 2 heterocycles. The van der Waals surface area contributed by atoms with Gasteiger partial charge in [0.05, 0.1) is 44.6 Å². The Labute approximate surface area is 214 Å². The molecule has 0 saturated carbocycles. The number of ether oxygens (including phenoxy) is 3. The van der Waals surface area contributed by atoms with Crippen LogP contribution < -0.4 is 9.47 Å². The minimum Gasteiger partial charge on any atom is -0.507 e. The van der Waals surface area contributed by atoms with Crippen molar-refractivity contribution in [3.63, 3.8) is 0 Å². The van der Waals surface area contributed by atoms with Gasteiger partial charge in [-0.25, -0.2) is 0 Å². The largest absolute Gasteiger partial charge is 0.507 e. The Morgan fingerprint density at radius 1 is 1.06 bits per heavy atom. The number of carbonyl (C=O) groups excluding carboxylic acids is 2. The lowest BCUT2D eigenvalue weighted by Gasteiger charge is -2.29. The molecule has 192 valence electrons. The van der Waals surface area contributed by atoms with E-state index in [-0.39, 0.29) is 21.9 Å². The highest BCUT2D eigenvalue weighted by molar-refractivity contribution is 6.46. The van der Waals surface area contributed by atoms with Crippen molar-refractivity contribution in [3.8, 4) is 17.2 Å². The molecule has 0 spiro atoms. The highest BCUT2D eigenvalue weighted by Crippen LogP contribution is 2.43. The number of phenolic OH excluding ortho intramolecular Hbond substituents is 1. The van der Waals surface area contributed by atoms with Crippen LogP contribution >= 0.6 is 11.6 Å². The molecule has 10 heteroatoms. The van der Waals surface area contributed by atoms with Crippen LogP contribution in [-0.2, 0) is 14.3 Å². The first-order chi connectivity index (χ1) is 17.3. The highest BCUT2D eigenvalue weighted by Gasteiger charge is 2.46. The van der Waals surface area contributed by atoms with Crippen LogP contribution in [-0.4, -0.2) is 85.3 Å². The lowest BCUT2D eigenvalue weighted by atomic mass is 9.94. The van der Waals surface area contributed by atoms with Crippen LogP contribution in [0.1, 0.15) is 23.6 Å². The van der Waals surface area contributed by atoms with Crippen molar-refractivity contribution >= 4 is 29.1 Å². The molecular formula is C26H29ClN2O7. The fraction of sp³-hybridized carbons (Fsp3) is 0.385. The van der Waals surface area contributed by atoms with Crippen LogP contribution in [0.25, 0.3) is 5.76 Å². The molecule has 2 N–H and O–H groups in total. The van der Waals surface area contributed by atoms with Crippen molar-refractivity contribution in [1.29, 1.82) is 0 Å². The first-order valence-corrected chi connectivity index (χ1v) is 12.0. The molecule has 0 aliphatic carbocycles. The fourth-order valence-electron chi connectivity index (χ4n) is 4.61. The SMILES string of the molecule is COc1ccc(C2/C(=C(\O)c3cc(Cl)ccc3O)C(=O)C(=O)N2CCCN2CCOCC2)cc1OC. The summed E-state index contributed by atoms with van der Waals surface area (Å²) < 4.78 is 16.2. The number of amides is 1. The number of methoxy groups -OCH3 is 2. The summed E-state index contributed by atoms with van der Waals surface area (Å²) in [6, 6.07) is 8.31. The summed E-state index contributed by atoms with van der Waals surface area (Å²) in [6.45, 7) is 3.98. The summed E-state index contributed by atoms with van der Waals surface area (Å²) in [5.41, 5.74) is 0.400. The van der Waals surface area contributed by atoms with Gasteiger partial charge in [0.15, 0.2) is 11.5 Å². The summed E-state index contributed by atoms with van der Waals surface area (Å²) in [5.74, 6) is -1.42. The number of hydrogen-bond acceptors (Lipinski definition) is 8. The second kappa shape index (κ2) is 11.2. The van der Waals surface area contributed by atoms with Gasteiger partial charge in [-0.15, -0.1) is 0 Å². The molecular weight excluding hydrogens is 488 g/mol. The van der Waals surface area contributed by atoms with Crippen molar-refractivity contribution in [1.82, 2.24) is 9.80 Å². The van der Waals surface area contributed by atoms with E-state index in [9.17, 15) is 19.8 Å². The number of benzene rings is 2. The molecule has 1 amide bonds. The van der Waals surface area contributed by atoms with Gasteiger partial charge in [0.2, 0.25) is 0 Å². The summed E-state index contributed by atoms with van der Waals surface area (Å²) in [7, 11) is 3.00. The second-order valence-electron chi connectivity index (χ2n) is 8.58. The highest BCUT2D eigenvalue weighted by atomic mass is 35.5. The standard InChI is InChI=1S/C26H29ClN2O7/c1-34-20-7-4-16(14-21(20)35-2)23-22(24(31)18-15-17(27)5-6-19(18)30)25(32)26(33)29(23)9-3-8-28-10-12-36-13-11-28/h4-7,14-15,23,30-31H,3,8-13H2,1-2H3/b24-22+. The molecule has 0 bridgehead atoms. The van der Waals surface area contributed by atoms with Gasteiger partial charge in [0, 0.05) is 31.2 Å². The smallest absolute Gasteiger partial charge is 0.295 e. The monoisotopic (exact) mass is 516 g/mol. The topological polar surface area (TPSA) is 109 Å². The number of Topliss-reactive ketones (excluding diaryl/α,β-unsaturated/α-hetero) is 1. The second-order valence-corrected chi connectivity index (χ2v) is 9.01. The van der Waals surface area contributed by atoms with Gasteiger partial charge in [-0.3, -0.25) is 14.5 Å². The number of aliphatic hydroxyl groups is 1. The molecule has 0 aromatic heterocycles. The van der Waals surface area contributed by atoms with Gasteiger partial charge in [-0.1, -0.05) is 17.7 Å². The Morgan fingerprint density at radius 2 is 1.78 bits per heavy atom. The summed E-state index contributed by atoms with van der Waals surface area (Å²) in [5, 5.41) is 21.8. The molecule has 4 rings (SSSR count). The maximum atomic E-state index is 13.2. The Hall–Kier alpha value is -3.27. The van der Waals surface area contributed by atoms with Gasteiger partial charge in [-0.2, -0.15) is 0 Å². The van der Waals surface area contributed by atoms with E-state index in [1.54, 1.807) is 18.2 Å². The molecule has 2 aliphatic rings. The van der Waals surface area contributed by atoms with Crippen LogP contribution in [0.5, 0.6) is 17.2 Å². The van der Waals surface area contributed by atoms with Crippen molar-refractivity contribution in [3.05, 3.63) is 58.1 Å². The molecule has 2 aromatic rings. The fourth-order valence-corrected chi connectivity index (χ4v) is 4.78.